The molecule has 0 spiro atoms. The van der Waals surface area contributed by atoms with Crippen molar-refractivity contribution in [2.24, 2.45) is 0 Å². The Balaban J connectivity index is 1.25. The smallest absolute Gasteiger partial charge is 0.0991 e. The number of hydrogen-bond donors (Lipinski definition) is 0. The molecular formula is C40H22N4. The van der Waals surface area contributed by atoms with Gasteiger partial charge in [0.05, 0.1) is 39.8 Å². The summed E-state index contributed by atoms with van der Waals surface area (Å²) in [6.07, 6.45) is 1.81. The molecule has 0 bridgehead atoms. The zero-order chi connectivity index (χ0) is 29.6. The number of benzene rings is 6. The maximum absolute atomic E-state index is 9.40. The van der Waals surface area contributed by atoms with Crippen molar-refractivity contribution in [3.63, 3.8) is 0 Å². The van der Waals surface area contributed by atoms with E-state index in [0.717, 1.165) is 60.5 Å². The van der Waals surface area contributed by atoms with Gasteiger partial charge < -0.3 is 0 Å². The fraction of sp³-hybridized carbons (Fsp3) is 0. The molecule has 0 N–H and O–H groups in total. The third kappa shape index (κ3) is 4.14. The number of rotatable bonds is 3. The second kappa shape index (κ2) is 10.2. The first-order valence-corrected chi connectivity index (χ1v) is 14.4. The van der Waals surface area contributed by atoms with E-state index in [9.17, 15) is 10.5 Å². The fourth-order valence-electron chi connectivity index (χ4n) is 6.20. The molecule has 44 heavy (non-hydrogen) atoms. The van der Waals surface area contributed by atoms with Crippen LogP contribution < -0.4 is 0 Å². The lowest BCUT2D eigenvalue weighted by Gasteiger charge is -2.14. The minimum Gasteiger partial charge on any atom is -0.254 e. The third-order valence-electron chi connectivity index (χ3n) is 8.35. The molecular weight excluding hydrogens is 536 g/mol. The van der Waals surface area contributed by atoms with Crippen LogP contribution in [-0.2, 0) is 0 Å². The van der Waals surface area contributed by atoms with Crippen molar-refractivity contribution in [1.82, 2.24) is 9.97 Å². The van der Waals surface area contributed by atoms with E-state index in [1.807, 2.05) is 48.7 Å². The van der Waals surface area contributed by atoms with Crippen LogP contribution in [-0.4, -0.2) is 9.97 Å². The molecule has 0 atom stereocenters. The summed E-state index contributed by atoms with van der Waals surface area (Å²) in [7, 11) is 0. The van der Waals surface area contributed by atoms with Gasteiger partial charge in [-0.2, -0.15) is 10.5 Å². The standard InChI is InChI=1S/C40H22N4/c41-23-25-7-10-27(11-8-25)32-16-17-33(35-5-2-1-4-34(32)35)28-12-14-29(15-13-28)37-22-31-21-30-20-26(24-42)9-18-38(30)44-39(31)40-36(37)6-3-19-43-40/h1-22H. The number of fused-ring (bicyclic) bond motifs is 5. The number of nitrogens with zero attached hydrogens (tertiary/aromatic N) is 4. The highest BCUT2D eigenvalue weighted by atomic mass is 14.7. The molecule has 202 valence electrons. The highest BCUT2D eigenvalue weighted by Gasteiger charge is 2.14. The van der Waals surface area contributed by atoms with Crippen molar-refractivity contribution in [1.29, 1.82) is 10.5 Å². The quantitative estimate of drug-likeness (QED) is 0.160. The van der Waals surface area contributed by atoms with E-state index in [0.29, 0.717) is 11.1 Å². The first kappa shape index (κ1) is 25.4. The largest absolute Gasteiger partial charge is 0.254 e. The summed E-state index contributed by atoms with van der Waals surface area (Å²) in [6, 6.07) is 47.7. The van der Waals surface area contributed by atoms with E-state index >= 15 is 0 Å². The van der Waals surface area contributed by atoms with Gasteiger partial charge >= 0.3 is 0 Å². The van der Waals surface area contributed by atoms with Gasteiger partial charge in [0.1, 0.15) is 0 Å². The molecule has 4 nitrogen and oxygen atoms in total. The summed E-state index contributed by atoms with van der Waals surface area (Å²) in [4.78, 5) is 9.70. The Morgan fingerprint density at radius 2 is 1.05 bits per heavy atom. The average Bonchev–Trinajstić information content (AvgIpc) is 3.10. The van der Waals surface area contributed by atoms with Crippen molar-refractivity contribution < 1.29 is 0 Å². The lowest BCUT2D eigenvalue weighted by molar-refractivity contribution is 1.40. The molecule has 0 amide bonds. The van der Waals surface area contributed by atoms with Crippen LogP contribution in [0.25, 0.3) is 76.9 Å². The average molecular weight is 559 g/mol. The topological polar surface area (TPSA) is 73.4 Å². The Morgan fingerprint density at radius 1 is 0.455 bits per heavy atom. The molecule has 6 aromatic carbocycles. The SMILES string of the molecule is N#Cc1ccc(-c2ccc(-c3ccc(-c4cc5cc6cc(C#N)ccc6nc5c5ncccc45)cc3)c3ccccc23)cc1. The predicted molar refractivity (Wildman–Crippen MR) is 178 cm³/mol. The summed E-state index contributed by atoms with van der Waals surface area (Å²) in [5, 5.41) is 23.9. The number of pyridine rings is 2. The van der Waals surface area contributed by atoms with Crippen molar-refractivity contribution in [3.05, 3.63) is 145 Å². The Hall–Kier alpha value is -6.36. The Kier molecular flexibility index (Phi) is 5.86. The molecule has 0 aliphatic carbocycles. The molecule has 8 aromatic rings. The lowest BCUT2D eigenvalue weighted by atomic mass is 9.91. The van der Waals surface area contributed by atoms with Crippen molar-refractivity contribution in [2.75, 3.05) is 0 Å². The molecule has 0 radical (unpaired) electrons. The van der Waals surface area contributed by atoms with E-state index in [-0.39, 0.29) is 0 Å². The van der Waals surface area contributed by atoms with Gasteiger partial charge in [0, 0.05) is 22.4 Å². The van der Waals surface area contributed by atoms with Crippen molar-refractivity contribution in [3.8, 4) is 45.5 Å². The van der Waals surface area contributed by atoms with E-state index in [1.54, 1.807) is 6.07 Å². The molecule has 0 fully saturated rings. The fourth-order valence-corrected chi connectivity index (χ4v) is 6.20. The minimum atomic E-state index is 0.617. The summed E-state index contributed by atoms with van der Waals surface area (Å²) >= 11 is 0. The van der Waals surface area contributed by atoms with Crippen LogP contribution in [0.5, 0.6) is 0 Å². The maximum atomic E-state index is 9.40. The van der Waals surface area contributed by atoms with Gasteiger partial charge in [-0.15, -0.1) is 0 Å². The zero-order valence-corrected chi connectivity index (χ0v) is 23.5. The van der Waals surface area contributed by atoms with Gasteiger partial charge in [0.15, 0.2) is 0 Å². The second-order valence-corrected chi connectivity index (χ2v) is 10.9. The Labute approximate surface area is 253 Å². The van der Waals surface area contributed by atoms with Crippen LogP contribution in [0.3, 0.4) is 0 Å². The van der Waals surface area contributed by atoms with Crippen LogP contribution in [0, 0.1) is 22.7 Å². The zero-order valence-electron chi connectivity index (χ0n) is 23.5. The first-order valence-electron chi connectivity index (χ1n) is 14.4. The van der Waals surface area contributed by atoms with Crippen LogP contribution in [0.1, 0.15) is 11.1 Å². The summed E-state index contributed by atoms with van der Waals surface area (Å²) < 4.78 is 0. The molecule has 8 rings (SSSR count). The minimum absolute atomic E-state index is 0.617. The van der Waals surface area contributed by atoms with Crippen LogP contribution in [0.15, 0.2) is 134 Å². The number of hydrogen-bond acceptors (Lipinski definition) is 4. The van der Waals surface area contributed by atoms with Gasteiger partial charge in [-0.1, -0.05) is 78.9 Å². The molecule has 0 aliphatic rings. The molecule has 2 aromatic heterocycles. The second-order valence-electron chi connectivity index (χ2n) is 10.9. The van der Waals surface area contributed by atoms with Gasteiger partial charge in [-0.05, 0) is 92.7 Å². The maximum Gasteiger partial charge on any atom is 0.0991 e. The van der Waals surface area contributed by atoms with Crippen molar-refractivity contribution in [2.45, 2.75) is 0 Å². The summed E-state index contributed by atoms with van der Waals surface area (Å²) in [5.74, 6) is 0. The first-order chi connectivity index (χ1) is 21.7. The van der Waals surface area contributed by atoms with Crippen LogP contribution in [0.2, 0.25) is 0 Å². The highest BCUT2D eigenvalue weighted by Crippen LogP contribution is 2.38. The van der Waals surface area contributed by atoms with Gasteiger partial charge in [-0.3, -0.25) is 4.98 Å². The molecule has 0 unspecified atom stereocenters. The van der Waals surface area contributed by atoms with Crippen LogP contribution in [0.4, 0.5) is 0 Å². The Bertz CT molecular complexity index is 2500. The highest BCUT2D eigenvalue weighted by molar-refractivity contribution is 6.12. The lowest BCUT2D eigenvalue weighted by Crippen LogP contribution is -1.91. The van der Waals surface area contributed by atoms with E-state index < -0.39 is 0 Å². The number of aromatic nitrogens is 2. The molecule has 0 saturated carbocycles. The van der Waals surface area contributed by atoms with Gasteiger partial charge in [0.25, 0.3) is 0 Å². The monoisotopic (exact) mass is 558 g/mol. The van der Waals surface area contributed by atoms with Gasteiger partial charge in [-0.25, -0.2) is 4.98 Å². The normalized spacial score (nSPS) is 11.1. The summed E-state index contributed by atoms with van der Waals surface area (Å²) in [6.45, 7) is 0. The Morgan fingerprint density at radius 3 is 1.70 bits per heavy atom. The van der Waals surface area contributed by atoms with E-state index in [2.05, 4.69) is 91.0 Å². The van der Waals surface area contributed by atoms with E-state index in [1.165, 1.54) is 16.3 Å². The predicted octanol–water partition coefficient (Wildman–Crippen LogP) is 9.83. The molecule has 2 heterocycles. The molecule has 0 aliphatic heterocycles. The van der Waals surface area contributed by atoms with Crippen LogP contribution >= 0.6 is 0 Å². The van der Waals surface area contributed by atoms with E-state index in [4.69, 9.17) is 9.97 Å². The number of nitriles is 2. The molecule has 0 saturated heterocycles. The summed E-state index contributed by atoms with van der Waals surface area (Å²) in [5.41, 5.74) is 10.5. The third-order valence-corrected chi connectivity index (χ3v) is 8.35. The van der Waals surface area contributed by atoms with Gasteiger partial charge in [0.2, 0.25) is 0 Å². The van der Waals surface area contributed by atoms with Crippen molar-refractivity contribution >= 4 is 43.5 Å². The molecule has 4 heteroatoms.